The third kappa shape index (κ3) is 4.02. The molecular weight excluding hydrogens is 341 g/mol. The lowest BCUT2D eigenvalue weighted by molar-refractivity contribution is 0.0731. The largest absolute Gasteiger partial charge is 0.491 e. The van der Waals surface area contributed by atoms with Gasteiger partial charge in [0.05, 0.1) is 6.10 Å². The lowest BCUT2D eigenvalue weighted by Gasteiger charge is -2.41. The summed E-state index contributed by atoms with van der Waals surface area (Å²) in [5, 5.41) is 10.7. The van der Waals surface area contributed by atoms with Crippen LogP contribution in [-0.4, -0.2) is 42.4 Å². The van der Waals surface area contributed by atoms with E-state index in [9.17, 15) is 9.50 Å². The molecular formula is C23H28FNO2. The number of aliphatic hydroxyl groups is 1. The highest BCUT2D eigenvalue weighted by Gasteiger charge is 2.33. The van der Waals surface area contributed by atoms with E-state index >= 15 is 0 Å². The molecule has 1 aliphatic heterocycles. The fourth-order valence-corrected chi connectivity index (χ4v) is 4.70. The molecule has 27 heavy (non-hydrogen) atoms. The van der Waals surface area contributed by atoms with Crippen molar-refractivity contribution in [2.24, 2.45) is 0 Å². The van der Waals surface area contributed by atoms with Crippen LogP contribution in [0.3, 0.4) is 0 Å². The van der Waals surface area contributed by atoms with Gasteiger partial charge in [-0.3, -0.25) is 4.90 Å². The number of likely N-dealkylation sites (tertiary alicyclic amines) is 1. The second-order valence-electron chi connectivity index (χ2n) is 7.69. The first-order chi connectivity index (χ1) is 13.3. The molecule has 1 aliphatic carbocycles. The van der Waals surface area contributed by atoms with Crippen LogP contribution in [0.2, 0.25) is 0 Å². The van der Waals surface area contributed by atoms with Gasteiger partial charge >= 0.3 is 0 Å². The third-order valence-corrected chi connectivity index (χ3v) is 6.11. The van der Waals surface area contributed by atoms with Gasteiger partial charge in [-0.25, -0.2) is 4.39 Å². The van der Waals surface area contributed by atoms with Gasteiger partial charge in [-0.2, -0.15) is 0 Å². The molecule has 2 atom stereocenters. The summed E-state index contributed by atoms with van der Waals surface area (Å²) < 4.78 is 18.2. The van der Waals surface area contributed by atoms with Crippen molar-refractivity contribution in [3.05, 3.63) is 65.2 Å². The number of piperidine rings is 1. The van der Waals surface area contributed by atoms with E-state index in [-0.39, 0.29) is 6.61 Å². The monoisotopic (exact) mass is 369 g/mol. The molecule has 144 valence electrons. The molecule has 2 aliphatic rings. The van der Waals surface area contributed by atoms with Crippen LogP contribution in [0.25, 0.3) is 0 Å². The number of aliphatic hydroxyl groups excluding tert-OH is 1. The topological polar surface area (TPSA) is 32.7 Å². The number of benzene rings is 2. The molecule has 3 nitrogen and oxygen atoms in total. The highest BCUT2D eigenvalue weighted by atomic mass is 19.1. The van der Waals surface area contributed by atoms with Gasteiger partial charge in [0.1, 0.15) is 19.0 Å². The van der Waals surface area contributed by atoms with Crippen molar-refractivity contribution >= 4 is 0 Å². The molecule has 0 amide bonds. The van der Waals surface area contributed by atoms with E-state index in [1.165, 1.54) is 5.56 Å². The van der Waals surface area contributed by atoms with Crippen LogP contribution >= 0.6 is 0 Å². The van der Waals surface area contributed by atoms with Gasteiger partial charge in [-0.15, -0.1) is 0 Å². The molecule has 2 aromatic rings. The number of alkyl halides is 1. The predicted molar refractivity (Wildman–Crippen MR) is 105 cm³/mol. The van der Waals surface area contributed by atoms with Gasteiger partial charge in [0.2, 0.25) is 0 Å². The molecule has 0 bridgehead atoms. The van der Waals surface area contributed by atoms with Crippen LogP contribution in [0.15, 0.2) is 48.5 Å². The average Bonchev–Trinajstić information content (AvgIpc) is 2.73. The SMILES string of the molecule is OC1CC(N2CCC(c3ccccc3)CC2)Cc2c(OCCF)cccc21. The van der Waals surface area contributed by atoms with E-state index in [0.29, 0.717) is 12.0 Å². The van der Waals surface area contributed by atoms with Crippen LogP contribution in [0.1, 0.15) is 48.0 Å². The maximum absolute atomic E-state index is 12.5. The quantitative estimate of drug-likeness (QED) is 0.855. The van der Waals surface area contributed by atoms with Gasteiger partial charge in [0, 0.05) is 11.6 Å². The maximum Gasteiger partial charge on any atom is 0.123 e. The van der Waals surface area contributed by atoms with E-state index in [1.807, 2.05) is 18.2 Å². The minimum absolute atomic E-state index is 0.0691. The lowest BCUT2D eigenvalue weighted by Crippen LogP contribution is -2.44. The normalized spacial score (nSPS) is 23.8. The van der Waals surface area contributed by atoms with E-state index < -0.39 is 12.8 Å². The summed E-state index contributed by atoms with van der Waals surface area (Å²) in [6.07, 6.45) is 3.47. The van der Waals surface area contributed by atoms with E-state index in [2.05, 4.69) is 35.2 Å². The molecule has 0 saturated carbocycles. The highest BCUT2D eigenvalue weighted by Crippen LogP contribution is 2.39. The molecule has 1 heterocycles. The Morgan fingerprint density at radius 1 is 1.04 bits per heavy atom. The summed E-state index contributed by atoms with van der Waals surface area (Å²) in [7, 11) is 0. The maximum atomic E-state index is 12.5. The molecule has 1 N–H and O–H groups in total. The third-order valence-electron chi connectivity index (χ3n) is 6.11. The zero-order valence-corrected chi connectivity index (χ0v) is 15.7. The van der Waals surface area contributed by atoms with E-state index in [1.54, 1.807) is 0 Å². The van der Waals surface area contributed by atoms with E-state index in [4.69, 9.17) is 4.74 Å². The minimum Gasteiger partial charge on any atom is -0.491 e. The number of rotatable bonds is 5. The number of fused-ring (bicyclic) bond motifs is 1. The van der Waals surface area contributed by atoms with Gasteiger partial charge in [0.25, 0.3) is 0 Å². The molecule has 4 heteroatoms. The molecule has 0 radical (unpaired) electrons. The molecule has 2 aromatic carbocycles. The van der Waals surface area contributed by atoms with E-state index in [0.717, 1.165) is 55.6 Å². The Bertz CT molecular complexity index is 743. The Morgan fingerprint density at radius 2 is 1.81 bits per heavy atom. The van der Waals surface area contributed by atoms with Crippen molar-refractivity contribution in [1.82, 2.24) is 4.90 Å². The Hall–Kier alpha value is -1.91. The number of ether oxygens (including phenoxy) is 1. The number of nitrogens with zero attached hydrogens (tertiary/aromatic N) is 1. The summed E-state index contributed by atoms with van der Waals surface area (Å²) in [4.78, 5) is 2.53. The summed E-state index contributed by atoms with van der Waals surface area (Å²) in [6.45, 7) is 1.68. The molecule has 4 rings (SSSR count). The Morgan fingerprint density at radius 3 is 2.56 bits per heavy atom. The second kappa shape index (κ2) is 8.41. The van der Waals surface area contributed by atoms with Crippen molar-refractivity contribution < 1.29 is 14.2 Å². The molecule has 0 spiro atoms. The first-order valence-corrected chi connectivity index (χ1v) is 10.0. The Kier molecular flexibility index (Phi) is 5.74. The van der Waals surface area contributed by atoms with Crippen molar-refractivity contribution in [2.45, 2.75) is 43.7 Å². The first-order valence-electron chi connectivity index (χ1n) is 10.0. The summed E-state index contributed by atoms with van der Waals surface area (Å²) in [5.74, 6) is 1.36. The van der Waals surface area contributed by atoms with Crippen LogP contribution in [0, 0.1) is 0 Å². The van der Waals surface area contributed by atoms with Crippen LogP contribution < -0.4 is 4.74 Å². The van der Waals surface area contributed by atoms with Crippen LogP contribution in [-0.2, 0) is 6.42 Å². The van der Waals surface area contributed by atoms with Crippen LogP contribution in [0.4, 0.5) is 4.39 Å². The van der Waals surface area contributed by atoms with Gasteiger partial charge < -0.3 is 9.84 Å². The smallest absolute Gasteiger partial charge is 0.123 e. The molecule has 1 saturated heterocycles. The molecule has 1 fully saturated rings. The number of halogens is 1. The number of hydrogen-bond acceptors (Lipinski definition) is 3. The standard InChI is InChI=1S/C23H28FNO2/c24-11-14-27-23-8-4-7-20-21(23)15-19(16-22(20)26)25-12-9-18(10-13-25)17-5-2-1-3-6-17/h1-8,18-19,22,26H,9-16H2. The Labute approximate surface area is 160 Å². The fraction of sp³-hybridized carbons (Fsp3) is 0.478. The first kappa shape index (κ1) is 18.5. The predicted octanol–water partition coefficient (Wildman–Crippen LogP) is 4.26. The zero-order valence-electron chi connectivity index (χ0n) is 15.7. The highest BCUT2D eigenvalue weighted by molar-refractivity contribution is 5.44. The zero-order chi connectivity index (χ0) is 18.6. The molecule has 0 aromatic heterocycles. The number of hydrogen-bond donors (Lipinski definition) is 1. The molecule has 2 unspecified atom stereocenters. The average molecular weight is 369 g/mol. The van der Waals surface area contributed by atoms with Gasteiger partial charge in [-0.1, -0.05) is 42.5 Å². The van der Waals surface area contributed by atoms with Gasteiger partial charge in [-0.05, 0) is 61.9 Å². The Balaban J connectivity index is 1.44. The van der Waals surface area contributed by atoms with Gasteiger partial charge in [0.15, 0.2) is 0 Å². The van der Waals surface area contributed by atoms with Crippen molar-refractivity contribution in [3.8, 4) is 5.75 Å². The van der Waals surface area contributed by atoms with Crippen molar-refractivity contribution in [2.75, 3.05) is 26.4 Å². The summed E-state index contributed by atoms with van der Waals surface area (Å²) in [6, 6.07) is 16.9. The summed E-state index contributed by atoms with van der Waals surface area (Å²) in [5.41, 5.74) is 3.44. The second-order valence-corrected chi connectivity index (χ2v) is 7.69. The summed E-state index contributed by atoms with van der Waals surface area (Å²) >= 11 is 0. The fourth-order valence-electron chi connectivity index (χ4n) is 4.70. The minimum atomic E-state index is -0.497. The van der Waals surface area contributed by atoms with Crippen molar-refractivity contribution in [1.29, 1.82) is 0 Å². The van der Waals surface area contributed by atoms with Crippen molar-refractivity contribution in [3.63, 3.8) is 0 Å². The lowest BCUT2D eigenvalue weighted by atomic mass is 9.82. The van der Waals surface area contributed by atoms with Crippen LogP contribution in [0.5, 0.6) is 5.75 Å².